The predicted molar refractivity (Wildman–Crippen MR) is 116 cm³/mol. The van der Waals surface area contributed by atoms with Crippen LogP contribution in [0, 0.1) is 0 Å². The van der Waals surface area contributed by atoms with Crippen LogP contribution in [0.3, 0.4) is 0 Å². The van der Waals surface area contributed by atoms with E-state index in [0.717, 1.165) is 5.56 Å². The molecule has 0 aromatic heterocycles. The summed E-state index contributed by atoms with van der Waals surface area (Å²) in [5, 5.41) is 0. The summed E-state index contributed by atoms with van der Waals surface area (Å²) in [6, 6.07) is 11.1. The zero-order chi connectivity index (χ0) is 22.4. The molecule has 1 aliphatic heterocycles. The molecule has 1 aliphatic rings. The summed E-state index contributed by atoms with van der Waals surface area (Å²) in [5.74, 6) is 0.750. The Balaban J connectivity index is 1.87. The Bertz CT molecular complexity index is 1000. The Morgan fingerprint density at radius 2 is 1.77 bits per heavy atom. The van der Waals surface area contributed by atoms with Crippen molar-refractivity contribution in [2.24, 2.45) is 0 Å². The molecule has 31 heavy (non-hydrogen) atoms. The predicted octanol–water partition coefficient (Wildman–Crippen LogP) is 2.61. The third-order valence-corrected chi connectivity index (χ3v) is 6.70. The van der Waals surface area contributed by atoms with Crippen LogP contribution < -0.4 is 14.2 Å². The summed E-state index contributed by atoms with van der Waals surface area (Å²) in [5.41, 5.74) is 1.04. The smallest absolute Gasteiger partial charge is 0.257 e. The minimum absolute atomic E-state index is 0.0110. The fourth-order valence-electron chi connectivity index (χ4n) is 3.44. The van der Waals surface area contributed by atoms with E-state index in [-0.39, 0.29) is 16.4 Å². The van der Waals surface area contributed by atoms with E-state index in [1.807, 2.05) is 19.1 Å². The van der Waals surface area contributed by atoms with Crippen LogP contribution in [0.2, 0.25) is 0 Å². The van der Waals surface area contributed by atoms with Gasteiger partial charge in [-0.3, -0.25) is 4.79 Å². The second-order valence-electron chi connectivity index (χ2n) is 7.12. The van der Waals surface area contributed by atoms with Crippen molar-refractivity contribution in [1.29, 1.82) is 0 Å². The molecule has 1 atom stereocenters. The number of nitrogens with one attached hydrogen (secondary N) is 1. The normalized spacial score (nSPS) is 15.4. The number of benzene rings is 2. The number of carbonyl (C=O) groups is 1. The van der Waals surface area contributed by atoms with Crippen molar-refractivity contribution >= 4 is 15.9 Å². The Morgan fingerprint density at radius 1 is 1.10 bits per heavy atom. The van der Waals surface area contributed by atoms with Gasteiger partial charge in [0.25, 0.3) is 5.91 Å². The topological polar surface area (TPSA) is 94.2 Å². The monoisotopic (exact) mass is 448 g/mol. The molecule has 1 saturated heterocycles. The van der Waals surface area contributed by atoms with Crippen LogP contribution in [-0.2, 0) is 14.8 Å². The molecule has 0 aliphatic carbocycles. The zero-order valence-electron chi connectivity index (χ0n) is 18.0. The standard InChI is InChI=1S/C22H28N2O6S/c1-4-20(16-5-7-17(28-2)8-6-16)23-31(26,27)18-9-10-21(29-3)19(15-18)22(25)24-11-13-30-14-12-24/h5-10,15,20,23H,4,11-14H2,1-3H3/t20-/m0/s1. The van der Waals surface area contributed by atoms with Crippen LogP contribution in [0.25, 0.3) is 0 Å². The summed E-state index contributed by atoms with van der Waals surface area (Å²) < 4.78 is 44.8. The van der Waals surface area contributed by atoms with Gasteiger partial charge >= 0.3 is 0 Å². The quantitative estimate of drug-likeness (QED) is 0.667. The van der Waals surface area contributed by atoms with Gasteiger partial charge in [-0.2, -0.15) is 0 Å². The highest BCUT2D eigenvalue weighted by molar-refractivity contribution is 7.89. The van der Waals surface area contributed by atoms with Crippen molar-refractivity contribution in [3.63, 3.8) is 0 Å². The number of ether oxygens (including phenoxy) is 3. The van der Waals surface area contributed by atoms with Crippen LogP contribution in [0.1, 0.15) is 35.3 Å². The first-order valence-corrected chi connectivity index (χ1v) is 11.6. The van der Waals surface area contributed by atoms with E-state index in [2.05, 4.69) is 4.72 Å². The molecular formula is C22H28N2O6S. The molecule has 8 nitrogen and oxygen atoms in total. The van der Waals surface area contributed by atoms with E-state index < -0.39 is 16.1 Å². The molecule has 3 rings (SSSR count). The maximum absolute atomic E-state index is 13.1. The average molecular weight is 449 g/mol. The Hall–Kier alpha value is -2.62. The van der Waals surface area contributed by atoms with Crippen molar-refractivity contribution in [1.82, 2.24) is 9.62 Å². The van der Waals surface area contributed by atoms with E-state index in [4.69, 9.17) is 14.2 Å². The number of carbonyl (C=O) groups excluding carboxylic acids is 1. The lowest BCUT2D eigenvalue weighted by atomic mass is 10.1. The van der Waals surface area contributed by atoms with Gasteiger partial charge in [-0.25, -0.2) is 13.1 Å². The van der Waals surface area contributed by atoms with E-state index in [1.165, 1.54) is 25.3 Å². The first-order valence-electron chi connectivity index (χ1n) is 10.1. The second-order valence-corrected chi connectivity index (χ2v) is 8.84. The molecule has 1 heterocycles. The van der Waals surface area contributed by atoms with Crippen LogP contribution in [-0.4, -0.2) is 59.7 Å². The third kappa shape index (κ3) is 5.36. The summed E-state index contributed by atoms with van der Waals surface area (Å²) in [4.78, 5) is 14.6. The molecule has 1 N–H and O–H groups in total. The number of rotatable bonds is 8. The third-order valence-electron chi connectivity index (χ3n) is 5.23. The number of methoxy groups -OCH3 is 2. The maximum atomic E-state index is 13.1. The van der Waals surface area contributed by atoms with Gasteiger partial charge in [-0.15, -0.1) is 0 Å². The molecule has 0 spiro atoms. The number of hydrogen-bond donors (Lipinski definition) is 1. The molecule has 0 unspecified atom stereocenters. The molecule has 0 radical (unpaired) electrons. The molecule has 0 bridgehead atoms. The molecule has 2 aromatic carbocycles. The summed E-state index contributed by atoms with van der Waals surface area (Å²) in [6.07, 6.45) is 0.557. The van der Waals surface area contributed by atoms with Crippen molar-refractivity contribution in [2.45, 2.75) is 24.3 Å². The van der Waals surface area contributed by atoms with Gasteiger partial charge in [0.2, 0.25) is 10.0 Å². The summed E-state index contributed by atoms with van der Waals surface area (Å²) in [7, 11) is -0.849. The summed E-state index contributed by atoms with van der Waals surface area (Å²) >= 11 is 0. The lowest BCUT2D eigenvalue weighted by molar-refractivity contribution is 0.0300. The Kier molecular flexibility index (Phi) is 7.53. The molecule has 0 saturated carbocycles. The molecule has 9 heteroatoms. The molecule has 2 aromatic rings. The maximum Gasteiger partial charge on any atom is 0.257 e. The lowest BCUT2D eigenvalue weighted by Gasteiger charge is -2.27. The number of morpholine rings is 1. The van der Waals surface area contributed by atoms with Gasteiger partial charge in [0.15, 0.2) is 0 Å². The fraction of sp³-hybridized carbons (Fsp3) is 0.409. The fourth-order valence-corrected chi connectivity index (χ4v) is 4.77. The zero-order valence-corrected chi connectivity index (χ0v) is 18.8. The van der Waals surface area contributed by atoms with E-state index in [9.17, 15) is 13.2 Å². The van der Waals surface area contributed by atoms with Crippen molar-refractivity contribution in [2.75, 3.05) is 40.5 Å². The van der Waals surface area contributed by atoms with Gasteiger partial charge < -0.3 is 19.1 Å². The Morgan fingerprint density at radius 3 is 2.35 bits per heavy atom. The highest BCUT2D eigenvalue weighted by atomic mass is 32.2. The molecule has 1 fully saturated rings. The van der Waals surface area contributed by atoms with Crippen LogP contribution in [0.15, 0.2) is 47.4 Å². The van der Waals surface area contributed by atoms with Gasteiger partial charge in [-0.1, -0.05) is 19.1 Å². The van der Waals surface area contributed by atoms with Crippen LogP contribution in [0.5, 0.6) is 11.5 Å². The van der Waals surface area contributed by atoms with Crippen LogP contribution in [0.4, 0.5) is 0 Å². The number of sulfonamides is 1. The highest BCUT2D eigenvalue weighted by Crippen LogP contribution is 2.27. The van der Waals surface area contributed by atoms with E-state index >= 15 is 0 Å². The molecule has 168 valence electrons. The molecule has 1 amide bonds. The number of nitrogens with zero attached hydrogens (tertiary/aromatic N) is 1. The minimum Gasteiger partial charge on any atom is -0.497 e. The van der Waals surface area contributed by atoms with Gasteiger partial charge in [0, 0.05) is 19.1 Å². The van der Waals surface area contributed by atoms with Crippen molar-refractivity contribution < 1.29 is 27.4 Å². The SMILES string of the molecule is CC[C@H](NS(=O)(=O)c1ccc(OC)c(C(=O)N2CCOCC2)c1)c1ccc(OC)cc1. The van der Waals surface area contributed by atoms with E-state index in [0.29, 0.717) is 44.2 Å². The minimum atomic E-state index is -3.88. The highest BCUT2D eigenvalue weighted by Gasteiger charge is 2.26. The second kappa shape index (κ2) is 10.1. The first kappa shape index (κ1) is 23.1. The van der Waals surface area contributed by atoms with Crippen molar-refractivity contribution in [3.8, 4) is 11.5 Å². The van der Waals surface area contributed by atoms with E-state index in [1.54, 1.807) is 24.1 Å². The lowest BCUT2D eigenvalue weighted by Crippen LogP contribution is -2.40. The number of hydrogen-bond acceptors (Lipinski definition) is 6. The van der Waals surface area contributed by atoms with Crippen molar-refractivity contribution in [3.05, 3.63) is 53.6 Å². The van der Waals surface area contributed by atoms with Gasteiger partial charge in [-0.05, 0) is 42.3 Å². The summed E-state index contributed by atoms with van der Waals surface area (Å²) in [6.45, 7) is 3.71. The first-order chi connectivity index (χ1) is 14.9. The molecular weight excluding hydrogens is 420 g/mol. The number of amides is 1. The average Bonchev–Trinajstić information content (AvgIpc) is 2.82. The van der Waals surface area contributed by atoms with Gasteiger partial charge in [0.1, 0.15) is 11.5 Å². The van der Waals surface area contributed by atoms with Crippen LogP contribution >= 0.6 is 0 Å². The van der Waals surface area contributed by atoms with Gasteiger partial charge in [0.05, 0.1) is 37.9 Å². The Labute approximate surface area is 183 Å². The largest absolute Gasteiger partial charge is 0.497 e.